The van der Waals surface area contributed by atoms with Gasteiger partial charge in [-0.25, -0.2) is 19.2 Å². The highest BCUT2D eigenvalue weighted by Gasteiger charge is 2.31. The van der Waals surface area contributed by atoms with Gasteiger partial charge in [-0.05, 0) is 29.7 Å². The molecule has 2 rings (SSSR count). The Bertz CT molecular complexity index is 920. The third-order valence-electron chi connectivity index (χ3n) is 3.05. The molecule has 0 aliphatic carbocycles. The predicted molar refractivity (Wildman–Crippen MR) is 79.9 cm³/mol. The Morgan fingerprint density at radius 1 is 0.714 bits per heavy atom. The third kappa shape index (κ3) is 3.89. The van der Waals surface area contributed by atoms with Crippen molar-refractivity contribution in [3.05, 3.63) is 63.0 Å². The summed E-state index contributed by atoms with van der Waals surface area (Å²) in [6, 6.07) is 0. The second-order valence-corrected chi connectivity index (χ2v) is 4.79. The second kappa shape index (κ2) is 7.22. The van der Waals surface area contributed by atoms with Crippen LogP contribution in [0.15, 0.2) is 12.4 Å². The van der Waals surface area contributed by atoms with E-state index in [1.807, 2.05) is 0 Å². The Kier molecular flexibility index (Phi) is 5.04. The zero-order chi connectivity index (χ0) is 21.2. The van der Waals surface area contributed by atoms with Crippen LogP contribution in [-0.4, -0.2) is 48.8 Å². The van der Waals surface area contributed by atoms with Gasteiger partial charge in [-0.2, -0.15) is 0 Å². The number of aromatic nitrogens is 4. The van der Waals surface area contributed by atoms with Crippen molar-refractivity contribution < 1.29 is 24.7 Å². The lowest BCUT2D eigenvalue weighted by Crippen LogP contribution is -2.34. The predicted octanol–water partition coefficient (Wildman–Crippen LogP) is -0.179. The topological polar surface area (TPSA) is 255 Å². The molecule has 2 heterocycles. The summed E-state index contributed by atoms with van der Waals surface area (Å²) in [7, 11) is 0. The minimum atomic E-state index is -1.13. The van der Waals surface area contributed by atoms with Crippen molar-refractivity contribution in [2.24, 2.45) is 0 Å². The molecular weight excluding hydrogens is 396 g/mol. The highest BCUT2D eigenvalue weighted by atomic mass is 16.7. The number of hydrogen-bond acceptors (Lipinski definition) is 12. The summed E-state index contributed by atoms with van der Waals surface area (Å²) in [4.78, 5) is 56.3. The number of imidazole rings is 2. The molecule has 0 amide bonds. The fraction of sp³-hybridized carbons (Fsp3) is 0.250. The number of hydrazine groups is 1. The lowest BCUT2D eigenvalue weighted by molar-refractivity contribution is -0.671. The summed E-state index contributed by atoms with van der Waals surface area (Å²) >= 11 is 0. The molecule has 2 aromatic rings. The van der Waals surface area contributed by atoms with Crippen LogP contribution in [0.1, 0.15) is 0 Å². The number of hydrogen-bond donors (Lipinski definition) is 0. The molecule has 20 nitrogen and oxygen atoms in total. The van der Waals surface area contributed by atoms with Crippen molar-refractivity contribution in [3.63, 3.8) is 0 Å². The van der Waals surface area contributed by atoms with E-state index < -0.39 is 61.6 Å². The van der Waals surface area contributed by atoms with E-state index in [-0.39, 0.29) is 5.01 Å². The SMILES string of the molecule is O=[N+]([O-])c1cn(CN(Cn2cc([N+](=O)[O-])nc2[N+](=O)[O-])[N+](=O)[O-])c([N+](=O)[O-])n1. The molecular formula is C8H6N10O10. The first-order valence-corrected chi connectivity index (χ1v) is 6.62. The number of nitrogens with zero attached hydrogens (tertiary/aromatic N) is 10. The van der Waals surface area contributed by atoms with E-state index in [0.717, 1.165) is 0 Å². The molecule has 0 atom stereocenters. The maximum atomic E-state index is 11.2. The standard InChI is InChI=1S/C8H6N10O10/c19-14(20)5-1-11(7(9-5)16(23)24)3-13(18(27)28)4-12-2-6(15(21)22)10-8(12)17(25)26/h1-2H,3-4H2. The van der Waals surface area contributed by atoms with Crippen LogP contribution < -0.4 is 0 Å². The van der Waals surface area contributed by atoms with Crippen LogP contribution in [-0.2, 0) is 13.3 Å². The Balaban J connectivity index is 2.40. The first kappa shape index (κ1) is 19.5. The van der Waals surface area contributed by atoms with Crippen molar-refractivity contribution in [1.82, 2.24) is 24.1 Å². The van der Waals surface area contributed by atoms with Crippen LogP contribution >= 0.6 is 0 Å². The lowest BCUT2D eigenvalue weighted by Gasteiger charge is -2.12. The maximum Gasteiger partial charge on any atom is 0.440 e. The summed E-state index contributed by atoms with van der Waals surface area (Å²) in [6.07, 6.45) is 1.11. The number of rotatable bonds is 9. The molecule has 148 valence electrons. The van der Waals surface area contributed by atoms with E-state index in [4.69, 9.17) is 0 Å². The van der Waals surface area contributed by atoms with Crippen molar-refractivity contribution in [3.8, 4) is 0 Å². The molecule has 20 heteroatoms. The molecule has 28 heavy (non-hydrogen) atoms. The van der Waals surface area contributed by atoms with Crippen molar-refractivity contribution in [1.29, 1.82) is 0 Å². The lowest BCUT2D eigenvalue weighted by atomic mass is 10.7. The first-order valence-electron chi connectivity index (χ1n) is 6.62. The van der Waals surface area contributed by atoms with Gasteiger partial charge in [0.15, 0.2) is 17.4 Å². The molecule has 0 unspecified atom stereocenters. The molecule has 0 N–H and O–H groups in total. The van der Waals surface area contributed by atoms with Crippen LogP contribution in [0.2, 0.25) is 0 Å². The van der Waals surface area contributed by atoms with Gasteiger partial charge in [0.1, 0.15) is 0 Å². The summed E-state index contributed by atoms with van der Waals surface area (Å²) in [5.41, 5.74) is 0. The molecule has 0 bridgehead atoms. The molecule has 0 radical (unpaired) electrons. The van der Waals surface area contributed by atoms with Crippen LogP contribution in [0.5, 0.6) is 0 Å². The highest BCUT2D eigenvalue weighted by molar-refractivity contribution is 5.25. The largest absolute Gasteiger partial charge is 0.440 e. The van der Waals surface area contributed by atoms with Gasteiger partial charge < -0.3 is 40.5 Å². The van der Waals surface area contributed by atoms with Gasteiger partial charge in [0.2, 0.25) is 13.3 Å². The van der Waals surface area contributed by atoms with Crippen molar-refractivity contribution >= 4 is 23.5 Å². The van der Waals surface area contributed by atoms with Gasteiger partial charge in [0.25, 0.3) is 0 Å². The summed E-state index contributed by atoms with van der Waals surface area (Å²) < 4.78 is 0.913. The van der Waals surface area contributed by atoms with Crippen LogP contribution in [0.25, 0.3) is 0 Å². The maximum absolute atomic E-state index is 11.2. The minimum Gasteiger partial charge on any atom is -0.390 e. The summed E-state index contributed by atoms with van der Waals surface area (Å²) in [6.45, 7) is -1.99. The zero-order valence-corrected chi connectivity index (χ0v) is 13.1. The smallest absolute Gasteiger partial charge is 0.390 e. The van der Waals surface area contributed by atoms with Gasteiger partial charge in [-0.15, -0.1) is 0 Å². The molecule has 2 aromatic heterocycles. The Morgan fingerprint density at radius 3 is 1.32 bits per heavy atom. The van der Waals surface area contributed by atoms with E-state index in [1.165, 1.54) is 0 Å². The van der Waals surface area contributed by atoms with Gasteiger partial charge in [0, 0.05) is 0 Å². The molecule has 0 saturated carbocycles. The number of nitro groups is 5. The molecule has 0 fully saturated rings. The highest BCUT2D eigenvalue weighted by Crippen LogP contribution is 2.21. The van der Waals surface area contributed by atoms with E-state index in [0.29, 0.717) is 21.5 Å². The Labute approximate surface area is 149 Å². The van der Waals surface area contributed by atoms with Crippen LogP contribution in [0.4, 0.5) is 23.5 Å². The average molecular weight is 402 g/mol. The van der Waals surface area contributed by atoms with Crippen LogP contribution in [0.3, 0.4) is 0 Å². The van der Waals surface area contributed by atoms with Crippen LogP contribution in [0, 0.1) is 50.6 Å². The quantitative estimate of drug-likeness (QED) is 0.390. The van der Waals surface area contributed by atoms with E-state index in [2.05, 4.69) is 9.97 Å². The summed E-state index contributed by atoms with van der Waals surface area (Å²) in [5.74, 6) is -4.10. The van der Waals surface area contributed by atoms with E-state index >= 15 is 0 Å². The third-order valence-corrected chi connectivity index (χ3v) is 3.05. The van der Waals surface area contributed by atoms with E-state index in [9.17, 15) is 50.6 Å². The summed E-state index contributed by atoms with van der Waals surface area (Å²) in [5, 5.41) is 53.5. The normalized spacial score (nSPS) is 10.4. The molecule has 0 spiro atoms. The molecule has 0 aliphatic heterocycles. The first-order chi connectivity index (χ1) is 13.0. The molecule has 0 saturated heterocycles. The monoisotopic (exact) mass is 402 g/mol. The molecule has 0 aliphatic rings. The zero-order valence-electron chi connectivity index (χ0n) is 13.1. The van der Waals surface area contributed by atoms with E-state index in [1.54, 1.807) is 0 Å². The van der Waals surface area contributed by atoms with Crippen molar-refractivity contribution in [2.75, 3.05) is 0 Å². The van der Waals surface area contributed by atoms with Gasteiger partial charge >= 0.3 is 23.5 Å². The Morgan fingerprint density at radius 2 is 1.07 bits per heavy atom. The second-order valence-electron chi connectivity index (χ2n) is 4.79. The fourth-order valence-corrected chi connectivity index (χ4v) is 1.96. The Hall–Kier alpha value is -4.78. The van der Waals surface area contributed by atoms with Gasteiger partial charge in [0.05, 0.1) is 0 Å². The fourth-order valence-electron chi connectivity index (χ4n) is 1.96. The van der Waals surface area contributed by atoms with Crippen molar-refractivity contribution in [2.45, 2.75) is 13.3 Å². The average Bonchev–Trinajstić information content (AvgIpc) is 3.18. The van der Waals surface area contributed by atoms with Gasteiger partial charge in [-0.1, -0.05) is 5.01 Å². The van der Waals surface area contributed by atoms with Gasteiger partial charge in [-0.3, -0.25) is 0 Å². The minimum absolute atomic E-state index is 0.164. The molecule has 0 aromatic carbocycles.